The average Bonchev–Trinajstić information content (AvgIpc) is 2.26. The standard InChI is InChI=1S/C11H18NO3P/c1-2-15-16(13,14)9-8-12-10-11-6-4-3-5-7-11/h3-7,12H,2,8-10H2,1H3,(H,13,14). The second-order valence-electron chi connectivity index (χ2n) is 3.52. The number of hydrogen-bond donors (Lipinski definition) is 1. The Morgan fingerprint density at radius 3 is 2.69 bits per heavy atom. The van der Waals surface area contributed by atoms with E-state index in [1.165, 1.54) is 5.56 Å². The average molecular weight is 243 g/mol. The third-order valence-corrected chi connectivity index (χ3v) is 3.61. The molecule has 1 aromatic carbocycles. The molecular formula is C11H18NO3P. The zero-order valence-electron chi connectivity index (χ0n) is 9.46. The highest BCUT2D eigenvalue weighted by atomic mass is 31.2. The van der Waals surface area contributed by atoms with Gasteiger partial charge in [0.2, 0.25) is 0 Å². The van der Waals surface area contributed by atoms with Crippen LogP contribution in [0.1, 0.15) is 12.5 Å². The molecule has 0 bridgehead atoms. The summed E-state index contributed by atoms with van der Waals surface area (Å²) in [5, 5.41) is 1.97. The van der Waals surface area contributed by atoms with Crippen molar-refractivity contribution in [3.05, 3.63) is 35.9 Å². The molecule has 0 aliphatic heterocycles. The van der Waals surface area contributed by atoms with Crippen LogP contribution in [0.4, 0.5) is 0 Å². The predicted molar refractivity (Wildman–Crippen MR) is 61.0 cm³/mol. The van der Waals surface area contributed by atoms with Gasteiger partial charge in [0.15, 0.2) is 0 Å². The third kappa shape index (κ3) is 5.42. The predicted octanol–water partition coefficient (Wildman–Crippen LogP) is 0.340. The highest BCUT2D eigenvalue weighted by Gasteiger charge is 2.07. The van der Waals surface area contributed by atoms with E-state index >= 15 is 0 Å². The monoisotopic (exact) mass is 243 g/mol. The van der Waals surface area contributed by atoms with Crippen molar-refractivity contribution in [2.24, 2.45) is 0 Å². The first-order valence-corrected chi connectivity index (χ1v) is 7.17. The maximum atomic E-state index is 11.2. The van der Waals surface area contributed by atoms with Crippen molar-refractivity contribution in [1.82, 2.24) is 0 Å². The summed E-state index contributed by atoms with van der Waals surface area (Å²) < 4.78 is 15.9. The number of benzene rings is 1. The summed E-state index contributed by atoms with van der Waals surface area (Å²) in [5.41, 5.74) is 1.19. The summed E-state index contributed by atoms with van der Waals surface area (Å²) in [5.74, 6) is 0. The normalized spacial score (nSPS) is 14.6. The molecule has 1 rings (SSSR count). The topological polar surface area (TPSA) is 66.0 Å². The Morgan fingerprint density at radius 2 is 2.06 bits per heavy atom. The van der Waals surface area contributed by atoms with Gasteiger partial charge < -0.3 is 19.3 Å². The molecule has 1 unspecified atom stereocenters. The molecule has 0 aliphatic rings. The van der Waals surface area contributed by atoms with Crippen LogP contribution >= 0.6 is 7.60 Å². The molecule has 4 nitrogen and oxygen atoms in total. The largest absolute Gasteiger partial charge is 0.778 e. The molecule has 0 spiro atoms. The number of hydrogen-bond acceptors (Lipinski definition) is 3. The van der Waals surface area contributed by atoms with Crippen molar-refractivity contribution in [1.29, 1.82) is 0 Å². The molecule has 0 fully saturated rings. The van der Waals surface area contributed by atoms with E-state index in [-0.39, 0.29) is 12.8 Å². The first-order valence-electron chi connectivity index (χ1n) is 5.44. The molecule has 5 heteroatoms. The SMILES string of the molecule is CCOP(=O)([O-])CC[NH2+]Cc1ccccc1. The van der Waals surface area contributed by atoms with Crippen LogP contribution in [0, 0.1) is 0 Å². The molecule has 0 aliphatic carbocycles. The van der Waals surface area contributed by atoms with Crippen LogP contribution in [0.5, 0.6) is 0 Å². The smallest absolute Gasteiger partial charge is 0.140 e. The summed E-state index contributed by atoms with van der Waals surface area (Å²) in [7, 11) is -3.60. The van der Waals surface area contributed by atoms with Gasteiger partial charge in [0, 0.05) is 5.56 Å². The Kier molecular flexibility index (Phi) is 5.71. The van der Waals surface area contributed by atoms with Crippen LogP contribution < -0.4 is 10.2 Å². The van der Waals surface area contributed by atoms with Crippen LogP contribution in [0.3, 0.4) is 0 Å². The van der Waals surface area contributed by atoms with E-state index in [4.69, 9.17) is 0 Å². The Labute approximate surface area is 96.2 Å². The molecule has 90 valence electrons. The van der Waals surface area contributed by atoms with Gasteiger partial charge in [-0.25, -0.2) is 0 Å². The summed E-state index contributed by atoms with van der Waals surface area (Å²) in [6.45, 7) is 3.24. The van der Waals surface area contributed by atoms with Crippen LogP contribution in [0.2, 0.25) is 0 Å². The van der Waals surface area contributed by atoms with Gasteiger partial charge in [-0.15, -0.1) is 0 Å². The van der Waals surface area contributed by atoms with Gasteiger partial charge in [0.1, 0.15) is 14.1 Å². The molecule has 0 radical (unpaired) electrons. The minimum Gasteiger partial charge on any atom is -0.778 e. The lowest BCUT2D eigenvalue weighted by Gasteiger charge is -2.21. The second kappa shape index (κ2) is 6.81. The molecule has 16 heavy (non-hydrogen) atoms. The van der Waals surface area contributed by atoms with E-state index in [9.17, 15) is 9.46 Å². The Hall–Kier alpha value is -0.670. The lowest BCUT2D eigenvalue weighted by atomic mass is 10.2. The van der Waals surface area contributed by atoms with Gasteiger partial charge in [-0.2, -0.15) is 0 Å². The molecule has 0 saturated heterocycles. The summed E-state index contributed by atoms with van der Waals surface area (Å²) in [6, 6.07) is 9.96. The van der Waals surface area contributed by atoms with Crippen LogP contribution in [-0.2, 0) is 15.6 Å². The fourth-order valence-electron chi connectivity index (χ4n) is 1.39. The number of nitrogens with two attached hydrogens (primary N) is 1. The van der Waals surface area contributed by atoms with E-state index in [0.29, 0.717) is 6.54 Å². The van der Waals surface area contributed by atoms with E-state index in [1.807, 2.05) is 35.6 Å². The molecule has 0 heterocycles. The molecule has 0 aromatic heterocycles. The van der Waals surface area contributed by atoms with E-state index in [0.717, 1.165) is 6.54 Å². The van der Waals surface area contributed by atoms with Crippen molar-refractivity contribution in [3.63, 3.8) is 0 Å². The van der Waals surface area contributed by atoms with Gasteiger partial charge in [-0.05, 0) is 6.92 Å². The zero-order chi connectivity index (χ0) is 11.9. The molecular weight excluding hydrogens is 225 g/mol. The first kappa shape index (κ1) is 13.4. The van der Waals surface area contributed by atoms with E-state index < -0.39 is 7.60 Å². The molecule has 0 amide bonds. The quantitative estimate of drug-likeness (QED) is 0.554. The molecule has 1 aromatic rings. The van der Waals surface area contributed by atoms with Gasteiger partial charge in [0.25, 0.3) is 0 Å². The Morgan fingerprint density at radius 1 is 1.38 bits per heavy atom. The number of quaternary nitrogens is 1. The molecule has 2 N–H and O–H groups in total. The highest BCUT2D eigenvalue weighted by molar-refractivity contribution is 7.51. The van der Waals surface area contributed by atoms with Crippen LogP contribution in [0.15, 0.2) is 30.3 Å². The van der Waals surface area contributed by atoms with Crippen molar-refractivity contribution in [2.45, 2.75) is 13.5 Å². The fraction of sp³-hybridized carbons (Fsp3) is 0.455. The summed E-state index contributed by atoms with van der Waals surface area (Å²) >= 11 is 0. The Bertz CT molecular complexity index is 342. The zero-order valence-corrected chi connectivity index (χ0v) is 10.4. The fourth-order valence-corrected chi connectivity index (χ4v) is 2.41. The highest BCUT2D eigenvalue weighted by Crippen LogP contribution is 2.34. The van der Waals surface area contributed by atoms with Crippen molar-refractivity contribution in [3.8, 4) is 0 Å². The van der Waals surface area contributed by atoms with Crippen molar-refractivity contribution < 1.29 is 19.3 Å². The molecule has 1 atom stereocenters. The van der Waals surface area contributed by atoms with Gasteiger partial charge >= 0.3 is 0 Å². The van der Waals surface area contributed by atoms with Crippen molar-refractivity contribution in [2.75, 3.05) is 19.3 Å². The van der Waals surface area contributed by atoms with E-state index in [1.54, 1.807) is 6.92 Å². The van der Waals surface area contributed by atoms with Gasteiger partial charge in [-0.1, -0.05) is 30.3 Å². The third-order valence-electron chi connectivity index (χ3n) is 2.16. The van der Waals surface area contributed by atoms with Gasteiger partial charge in [0.05, 0.1) is 19.3 Å². The molecule has 0 saturated carbocycles. The van der Waals surface area contributed by atoms with Crippen LogP contribution in [0.25, 0.3) is 0 Å². The summed E-state index contributed by atoms with van der Waals surface area (Å²) in [4.78, 5) is 11.2. The number of rotatable bonds is 7. The Balaban J connectivity index is 2.20. The van der Waals surface area contributed by atoms with Gasteiger partial charge in [-0.3, -0.25) is 0 Å². The lowest BCUT2D eigenvalue weighted by molar-refractivity contribution is -0.667. The minimum absolute atomic E-state index is 0.0909. The second-order valence-corrected chi connectivity index (χ2v) is 5.45. The maximum Gasteiger partial charge on any atom is 0.140 e. The minimum atomic E-state index is -3.60. The van der Waals surface area contributed by atoms with E-state index in [2.05, 4.69) is 4.52 Å². The van der Waals surface area contributed by atoms with Crippen molar-refractivity contribution >= 4 is 7.60 Å². The summed E-state index contributed by atoms with van der Waals surface area (Å²) in [6.07, 6.45) is 0.0909. The first-order chi connectivity index (χ1) is 7.64. The maximum absolute atomic E-state index is 11.2. The lowest BCUT2D eigenvalue weighted by Crippen LogP contribution is -2.83. The van der Waals surface area contributed by atoms with Crippen LogP contribution in [-0.4, -0.2) is 19.3 Å².